The van der Waals surface area contributed by atoms with E-state index < -0.39 is 15.6 Å². The molecule has 1 rings (SSSR count). The van der Waals surface area contributed by atoms with Crippen molar-refractivity contribution in [2.24, 2.45) is 0 Å². The second kappa shape index (κ2) is 6.27. The Morgan fingerprint density at radius 2 is 1.65 bits per heavy atom. The molecule has 1 N–H and O–H groups in total. The average molecular weight is 288 g/mol. The third kappa shape index (κ3) is 5.94. The zero-order chi connectivity index (χ0) is 13.7. The normalized spacial score (nSPS) is 11.6. The van der Waals surface area contributed by atoms with E-state index in [1.807, 2.05) is 0 Å². The number of halogens is 3. The van der Waals surface area contributed by atoms with Crippen LogP contribution in [0.4, 0.5) is 13.2 Å². The summed E-state index contributed by atoms with van der Waals surface area (Å²) in [5.41, 5.74) is -4.17. The Kier molecular flexibility index (Phi) is 6.00. The van der Waals surface area contributed by atoms with Crippen molar-refractivity contribution >= 4 is 21.9 Å². The second-order valence-electron chi connectivity index (χ2n) is 2.89. The molecule has 0 saturated carbocycles. The number of aryl methyl sites for hydroxylation is 1. The summed E-state index contributed by atoms with van der Waals surface area (Å²) in [6, 6.07) is 8.40. The maximum atomic E-state index is 10.7. The first kappa shape index (κ1) is 16.3. The minimum absolute atomic E-state index is 1.37. The van der Waals surface area contributed by atoms with Crippen LogP contribution in [0, 0.1) is 6.92 Å². The van der Waals surface area contributed by atoms with Gasteiger partial charge in [-0.25, -0.2) is 0 Å². The molecule has 0 fully saturated rings. The number of thioether (sulfide) groups is 1. The molecule has 0 amide bonds. The molecule has 1 aromatic carbocycles. The van der Waals surface area contributed by atoms with Crippen molar-refractivity contribution in [1.29, 1.82) is 0 Å². The molecule has 0 saturated heterocycles. The van der Waals surface area contributed by atoms with Crippen molar-refractivity contribution in [3.05, 3.63) is 29.8 Å². The Bertz CT molecular complexity index is 455. The maximum absolute atomic E-state index is 10.7. The lowest BCUT2D eigenvalue weighted by Crippen LogP contribution is -2.21. The van der Waals surface area contributed by atoms with Gasteiger partial charge in [0.25, 0.3) is 0 Å². The van der Waals surface area contributed by atoms with Crippen molar-refractivity contribution in [2.75, 3.05) is 6.26 Å². The lowest BCUT2D eigenvalue weighted by atomic mass is 10.2. The molecular weight excluding hydrogens is 277 g/mol. The van der Waals surface area contributed by atoms with E-state index in [2.05, 4.69) is 37.4 Å². The van der Waals surface area contributed by atoms with E-state index in [0.29, 0.717) is 0 Å². The first-order valence-corrected chi connectivity index (χ1v) is 6.89. The number of alkyl halides is 3. The van der Waals surface area contributed by atoms with Crippen molar-refractivity contribution in [3.8, 4) is 0 Å². The van der Waals surface area contributed by atoms with Gasteiger partial charge in [0.15, 0.2) is 0 Å². The molecule has 98 valence electrons. The van der Waals surface area contributed by atoms with E-state index in [1.54, 1.807) is 11.8 Å². The predicted molar refractivity (Wildman–Crippen MR) is 60.6 cm³/mol. The van der Waals surface area contributed by atoms with Gasteiger partial charge in [0.1, 0.15) is 0 Å². The SMILES string of the molecule is CSc1ccccc1C.O=S(=O)(O)C(F)(F)F. The van der Waals surface area contributed by atoms with Crippen LogP contribution in [0.1, 0.15) is 5.56 Å². The quantitative estimate of drug-likeness (QED) is 0.490. The number of rotatable bonds is 1. The molecule has 0 aromatic heterocycles. The molecule has 0 unspecified atom stereocenters. The highest BCUT2D eigenvalue weighted by Crippen LogP contribution is 2.20. The molecule has 0 aliphatic heterocycles. The first-order chi connectivity index (χ1) is 7.59. The third-order valence-corrected chi connectivity index (χ3v) is 3.09. The highest BCUT2D eigenvalue weighted by atomic mass is 32.2. The highest BCUT2D eigenvalue weighted by molar-refractivity contribution is 7.98. The van der Waals surface area contributed by atoms with Crippen LogP contribution in [0.15, 0.2) is 29.2 Å². The number of hydrogen-bond acceptors (Lipinski definition) is 3. The lowest BCUT2D eigenvalue weighted by Gasteiger charge is -1.97. The van der Waals surface area contributed by atoms with Gasteiger partial charge in [0.2, 0.25) is 0 Å². The summed E-state index contributed by atoms with van der Waals surface area (Å²) in [6.07, 6.45) is 2.10. The third-order valence-electron chi connectivity index (χ3n) is 1.61. The van der Waals surface area contributed by atoms with E-state index >= 15 is 0 Å². The molecule has 0 aliphatic carbocycles. The van der Waals surface area contributed by atoms with Crippen molar-refractivity contribution in [2.45, 2.75) is 17.3 Å². The van der Waals surface area contributed by atoms with E-state index in [0.717, 1.165) is 0 Å². The topological polar surface area (TPSA) is 54.4 Å². The minimum Gasteiger partial charge on any atom is -0.279 e. The van der Waals surface area contributed by atoms with Crippen LogP contribution in [0.3, 0.4) is 0 Å². The van der Waals surface area contributed by atoms with E-state index in [1.165, 1.54) is 10.5 Å². The van der Waals surface area contributed by atoms with E-state index in [-0.39, 0.29) is 0 Å². The summed E-state index contributed by atoms with van der Waals surface area (Å²) in [5.74, 6) is 0. The smallest absolute Gasteiger partial charge is 0.279 e. The van der Waals surface area contributed by atoms with Crippen LogP contribution < -0.4 is 0 Å². The van der Waals surface area contributed by atoms with Crippen LogP contribution >= 0.6 is 11.8 Å². The summed E-state index contributed by atoms with van der Waals surface area (Å²) in [7, 11) is -5.84. The van der Waals surface area contributed by atoms with Gasteiger partial charge in [-0.1, -0.05) is 18.2 Å². The second-order valence-corrected chi connectivity index (χ2v) is 5.15. The molecule has 0 heterocycles. The van der Waals surface area contributed by atoms with Gasteiger partial charge in [-0.3, -0.25) is 4.55 Å². The van der Waals surface area contributed by atoms with Gasteiger partial charge in [-0.05, 0) is 24.8 Å². The van der Waals surface area contributed by atoms with Crippen LogP contribution in [0.5, 0.6) is 0 Å². The summed E-state index contributed by atoms with van der Waals surface area (Å²) < 4.78 is 57.5. The fourth-order valence-electron chi connectivity index (χ4n) is 0.785. The van der Waals surface area contributed by atoms with Gasteiger partial charge >= 0.3 is 15.6 Å². The first-order valence-electron chi connectivity index (χ1n) is 4.23. The standard InChI is InChI=1S/C8H10S.CHF3O3S/c1-7-5-3-4-6-8(7)9-2;2-1(3,4)8(5,6)7/h3-6H,1-2H3;(H,5,6,7). The monoisotopic (exact) mass is 288 g/mol. The molecule has 0 radical (unpaired) electrons. The zero-order valence-corrected chi connectivity index (χ0v) is 10.7. The molecule has 0 aliphatic rings. The lowest BCUT2D eigenvalue weighted by molar-refractivity contribution is -0.0510. The van der Waals surface area contributed by atoms with Gasteiger partial charge in [-0.2, -0.15) is 21.6 Å². The Morgan fingerprint density at radius 1 is 1.24 bits per heavy atom. The molecule has 8 heteroatoms. The largest absolute Gasteiger partial charge is 0.522 e. The van der Waals surface area contributed by atoms with Crippen LogP contribution in [-0.4, -0.2) is 24.7 Å². The van der Waals surface area contributed by atoms with Gasteiger partial charge < -0.3 is 0 Å². The molecule has 0 spiro atoms. The summed E-state index contributed by atoms with van der Waals surface area (Å²) in [5, 5.41) is 0. The Hall–Kier alpha value is -0.730. The number of hydrogen-bond donors (Lipinski definition) is 1. The van der Waals surface area contributed by atoms with Crippen molar-refractivity contribution < 1.29 is 26.1 Å². The van der Waals surface area contributed by atoms with Crippen molar-refractivity contribution in [1.82, 2.24) is 0 Å². The Morgan fingerprint density at radius 3 is 1.88 bits per heavy atom. The van der Waals surface area contributed by atoms with Gasteiger partial charge in [0.05, 0.1) is 0 Å². The highest BCUT2D eigenvalue weighted by Gasteiger charge is 2.44. The summed E-state index contributed by atoms with van der Waals surface area (Å²) in [4.78, 5) is 1.37. The Balaban J connectivity index is 0.000000304. The van der Waals surface area contributed by atoms with Crippen molar-refractivity contribution in [3.63, 3.8) is 0 Å². The molecule has 0 bridgehead atoms. The van der Waals surface area contributed by atoms with E-state index in [4.69, 9.17) is 13.0 Å². The summed E-state index contributed by atoms with van der Waals surface area (Å²) in [6.45, 7) is 2.13. The molecule has 1 aromatic rings. The Labute approximate surface area is 102 Å². The fourth-order valence-corrected chi connectivity index (χ4v) is 1.39. The molecular formula is C9H11F3O3S2. The average Bonchev–Trinajstić information content (AvgIpc) is 2.16. The molecule has 3 nitrogen and oxygen atoms in total. The molecule has 17 heavy (non-hydrogen) atoms. The van der Waals surface area contributed by atoms with Crippen LogP contribution in [-0.2, 0) is 10.1 Å². The molecule has 0 atom stereocenters. The maximum Gasteiger partial charge on any atom is 0.522 e. The van der Waals surface area contributed by atoms with Gasteiger partial charge in [-0.15, -0.1) is 11.8 Å². The zero-order valence-electron chi connectivity index (χ0n) is 9.02. The summed E-state index contributed by atoms with van der Waals surface area (Å²) >= 11 is 1.80. The predicted octanol–water partition coefficient (Wildman–Crippen LogP) is 3.11. The fraction of sp³-hybridized carbons (Fsp3) is 0.333. The van der Waals surface area contributed by atoms with Crippen LogP contribution in [0.2, 0.25) is 0 Å². The number of benzene rings is 1. The van der Waals surface area contributed by atoms with E-state index in [9.17, 15) is 13.2 Å². The minimum atomic E-state index is -5.84. The van der Waals surface area contributed by atoms with Gasteiger partial charge in [0, 0.05) is 4.90 Å². The van der Waals surface area contributed by atoms with Crippen LogP contribution in [0.25, 0.3) is 0 Å².